The second-order valence-corrected chi connectivity index (χ2v) is 5.98. The molecule has 2 aromatic rings. The maximum Gasteiger partial charge on any atom is 0.126 e. The molecule has 2 heteroatoms. The topological polar surface area (TPSA) is 0 Å². The minimum absolute atomic E-state index is 0.108. The molecule has 1 atom stereocenters. The molecule has 0 radical (unpaired) electrons. The molecular weight excluding hydrogens is 271 g/mol. The summed E-state index contributed by atoms with van der Waals surface area (Å²) in [5, 5.41) is 0.825. The molecular formula is C18H20ClF. The van der Waals surface area contributed by atoms with Crippen molar-refractivity contribution in [2.75, 3.05) is 0 Å². The van der Waals surface area contributed by atoms with E-state index < -0.39 is 0 Å². The third-order valence-corrected chi connectivity index (χ3v) is 4.15. The van der Waals surface area contributed by atoms with E-state index in [0.717, 1.165) is 28.1 Å². The molecule has 0 aliphatic rings. The van der Waals surface area contributed by atoms with Crippen molar-refractivity contribution in [1.82, 2.24) is 0 Å². The summed E-state index contributed by atoms with van der Waals surface area (Å²) in [4.78, 5) is 0. The number of hydrogen-bond acceptors (Lipinski definition) is 0. The predicted octanol–water partition coefficient (Wildman–Crippen LogP) is 5.95. The SMILES string of the molecule is CC(C)c1cccc(CC(C)c2ccccc2F)c1Cl. The van der Waals surface area contributed by atoms with Crippen LogP contribution < -0.4 is 0 Å². The first-order chi connectivity index (χ1) is 9.50. The number of rotatable bonds is 4. The average molecular weight is 291 g/mol. The van der Waals surface area contributed by atoms with Crippen LogP contribution in [-0.2, 0) is 6.42 Å². The molecule has 0 nitrogen and oxygen atoms in total. The van der Waals surface area contributed by atoms with Crippen molar-refractivity contribution in [3.05, 3.63) is 70.0 Å². The van der Waals surface area contributed by atoms with Gasteiger partial charge in [0, 0.05) is 5.02 Å². The van der Waals surface area contributed by atoms with Crippen LogP contribution in [0.1, 0.15) is 49.3 Å². The molecule has 20 heavy (non-hydrogen) atoms. The van der Waals surface area contributed by atoms with Crippen molar-refractivity contribution in [1.29, 1.82) is 0 Å². The zero-order chi connectivity index (χ0) is 14.7. The van der Waals surface area contributed by atoms with Gasteiger partial charge in [-0.2, -0.15) is 0 Å². The Hall–Kier alpha value is -1.34. The van der Waals surface area contributed by atoms with Gasteiger partial charge in [0.15, 0.2) is 0 Å². The van der Waals surface area contributed by atoms with E-state index in [9.17, 15) is 4.39 Å². The summed E-state index contributed by atoms with van der Waals surface area (Å²) in [7, 11) is 0. The molecule has 1 unspecified atom stereocenters. The van der Waals surface area contributed by atoms with Gasteiger partial charge in [-0.25, -0.2) is 4.39 Å². The maximum atomic E-state index is 13.8. The Morgan fingerprint density at radius 1 is 0.950 bits per heavy atom. The van der Waals surface area contributed by atoms with Gasteiger partial charge in [-0.15, -0.1) is 0 Å². The van der Waals surface area contributed by atoms with Crippen LogP contribution in [0.5, 0.6) is 0 Å². The van der Waals surface area contributed by atoms with E-state index in [1.165, 1.54) is 6.07 Å². The molecule has 2 aromatic carbocycles. The normalized spacial score (nSPS) is 12.7. The molecule has 2 rings (SSSR count). The highest BCUT2D eigenvalue weighted by Gasteiger charge is 2.15. The Morgan fingerprint density at radius 2 is 1.60 bits per heavy atom. The van der Waals surface area contributed by atoms with Crippen molar-refractivity contribution in [3.8, 4) is 0 Å². The highest BCUT2D eigenvalue weighted by Crippen LogP contribution is 2.31. The minimum Gasteiger partial charge on any atom is -0.207 e. The molecule has 0 saturated carbocycles. The summed E-state index contributed by atoms with van der Waals surface area (Å²) in [6.07, 6.45) is 0.750. The minimum atomic E-state index is -0.142. The van der Waals surface area contributed by atoms with Gasteiger partial charge in [0.2, 0.25) is 0 Å². The van der Waals surface area contributed by atoms with Crippen LogP contribution in [0.4, 0.5) is 4.39 Å². The van der Waals surface area contributed by atoms with Gasteiger partial charge >= 0.3 is 0 Å². The van der Waals surface area contributed by atoms with Crippen molar-refractivity contribution in [2.24, 2.45) is 0 Å². The Kier molecular flexibility index (Phi) is 4.82. The summed E-state index contributed by atoms with van der Waals surface area (Å²) >= 11 is 6.48. The van der Waals surface area contributed by atoms with Gasteiger partial charge in [0.05, 0.1) is 0 Å². The van der Waals surface area contributed by atoms with Crippen LogP contribution in [0.3, 0.4) is 0 Å². The van der Waals surface area contributed by atoms with E-state index in [-0.39, 0.29) is 11.7 Å². The Morgan fingerprint density at radius 3 is 2.25 bits per heavy atom. The van der Waals surface area contributed by atoms with E-state index >= 15 is 0 Å². The third kappa shape index (κ3) is 3.21. The fourth-order valence-corrected chi connectivity index (χ4v) is 2.94. The second kappa shape index (κ2) is 6.41. The summed E-state index contributed by atoms with van der Waals surface area (Å²) in [5.74, 6) is 0.360. The molecule has 0 aromatic heterocycles. The third-order valence-electron chi connectivity index (χ3n) is 3.69. The zero-order valence-electron chi connectivity index (χ0n) is 12.2. The number of halogens is 2. The first kappa shape index (κ1) is 15.1. The lowest BCUT2D eigenvalue weighted by Gasteiger charge is -2.16. The molecule has 0 amide bonds. The number of hydrogen-bond donors (Lipinski definition) is 0. The van der Waals surface area contributed by atoms with Crippen molar-refractivity contribution in [2.45, 2.75) is 39.0 Å². The van der Waals surface area contributed by atoms with Gasteiger partial charge in [0.1, 0.15) is 5.82 Å². The van der Waals surface area contributed by atoms with Crippen LogP contribution >= 0.6 is 11.6 Å². The molecule has 0 aliphatic heterocycles. The fourth-order valence-electron chi connectivity index (χ4n) is 2.52. The largest absolute Gasteiger partial charge is 0.207 e. The Labute approximate surface area is 125 Å². The lowest BCUT2D eigenvalue weighted by Crippen LogP contribution is -2.03. The van der Waals surface area contributed by atoms with E-state index in [0.29, 0.717) is 5.92 Å². The first-order valence-electron chi connectivity index (χ1n) is 7.02. The van der Waals surface area contributed by atoms with Crippen molar-refractivity contribution < 1.29 is 4.39 Å². The lowest BCUT2D eigenvalue weighted by atomic mass is 9.91. The predicted molar refractivity (Wildman–Crippen MR) is 84.1 cm³/mol. The smallest absolute Gasteiger partial charge is 0.126 e. The van der Waals surface area contributed by atoms with Crippen molar-refractivity contribution >= 4 is 11.6 Å². The van der Waals surface area contributed by atoms with Crippen LogP contribution in [0, 0.1) is 5.82 Å². The molecule has 0 spiro atoms. The van der Waals surface area contributed by atoms with Crippen LogP contribution in [-0.4, -0.2) is 0 Å². The average Bonchev–Trinajstić information content (AvgIpc) is 2.41. The quantitative estimate of drug-likeness (QED) is 0.653. The Bertz CT molecular complexity index is 590. The van der Waals surface area contributed by atoms with Gasteiger partial charge in [-0.05, 0) is 41.0 Å². The molecule has 0 N–H and O–H groups in total. The first-order valence-corrected chi connectivity index (χ1v) is 7.40. The zero-order valence-corrected chi connectivity index (χ0v) is 12.9. The Balaban J connectivity index is 2.27. The van der Waals surface area contributed by atoms with Gasteiger partial charge in [0.25, 0.3) is 0 Å². The summed E-state index contributed by atoms with van der Waals surface area (Å²) in [6.45, 7) is 6.30. The van der Waals surface area contributed by atoms with Crippen molar-refractivity contribution in [3.63, 3.8) is 0 Å². The molecule has 0 heterocycles. The monoisotopic (exact) mass is 290 g/mol. The summed E-state index contributed by atoms with van der Waals surface area (Å²) < 4.78 is 13.8. The van der Waals surface area contributed by atoms with E-state index in [1.54, 1.807) is 6.07 Å². The van der Waals surface area contributed by atoms with Crippen LogP contribution in [0.25, 0.3) is 0 Å². The molecule has 0 aliphatic carbocycles. The summed E-state index contributed by atoms with van der Waals surface area (Å²) in [6, 6.07) is 13.1. The van der Waals surface area contributed by atoms with Crippen LogP contribution in [0.2, 0.25) is 5.02 Å². The van der Waals surface area contributed by atoms with E-state index in [4.69, 9.17) is 11.6 Å². The highest BCUT2D eigenvalue weighted by atomic mass is 35.5. The second-order valence-electron chi connectivity index (χ2n) is 5.60. The standard InChI is InChI=1S/C18H20ClF/c1-12(2)15-9-6-7-14(18(15)19)11-13(3)16-8-4-5-10-17(16)20/h4-10,12-13H,11H2,1-3H3. The van der Waals surface area contributed by atoms with Gasteiger partial charge in [-0.1, -0.05) is 68.8 Å². The summed E-state index contributed by atoms with van der Waals surface area (Å²) in [5.41, 5.74) is 3.00. The van der Waals surface area contributed by atoms with E-state index in [1.807, 2.05) is 31.2 Å². The fraction of sp³-hybridized carbons (Fsp3) is 0.333. The van der Waals surface area contributed by atoms with Crippen LogP contribution in [0.15, 0.2) is 42.5 Å². The van der Waals surface area contributed by atoms with Gasteiger partial charge in [-0.3, -0.25) is 0 Å². The highest BCUT2D eigenvalue weighted by molar-refractivity contribution is 6.32. The number of benzene rings is 2. The lowest BCUT2D eigenvalue weighted by molar-refractivity contribution is 0.587. The molecule has 0 bridgehead atoms. The van der Waals surface area contributed by atoms with Gasteiger partial charge < -0.3 is 0 Å². The molecule has 0 fully saturated rings. The molecule has 0 saturated heterocycles. The maximum absolute atomic E-state index is 13.8. The van der Waals surface area contributed by atoms with E-state index in [2.05, 4.69) is 19.9 Å². The molecule has 106 valence electrons.